The summed E-state index contributed by atoms with van der Waals surface area (Å²) in [6, 6.07) is 18.2. The summed E-state index contributed by atoms with van der Waals surface area (Å²) < 4.78 is 5.16. The molecule has 0 fully saturated rings. The molecule has 0 amide bonds. The Labute approximate surface area is 143 Å². The van der Waals surface area contributed by atoms with Gasteiger partial charge in [0.05, 0.1) is 21.2 Å². The van der Waals surface area contributed by atoms with E-state index in [1.54, 1.807) is 7.11 Å². The Balaban J connectivity index is 2.02. The first kappa shape index (κ1) is 17.2. The summed E-state index contributed by atoms with van der Waals surface area (Å²) in [5.74, 6) is 0.827. The van der Waals surface area contributed by atoms with Crippen LogP contribution < -0.4 is 20.3 Å². The van der Waals surface area contributed by atoms with Gasteiger partial charge in [-0.05, 0) is 42.0 Å². The SMILES string of the molecule is COc1ccc(NC(=S)N[C@@H](C[NH+](C)C)c2ccccc2)cc1. The zero-order valence-corrected chi connectivity index (χ0v) is 14.6. The maximum absolute atomic E-state index is 5.46. The fraction of sp³-hybridized carbons (Fsp3) is 0.278. The van der Waals surface area contributed by atoms with Gasteiger partial charge in [-0.25, -0.2) is 0 Å². The fourth-order valence-electron chi connectivity index (χ4n) is 2.35. The van der Waals surface area contributed by atoms with Gasteiger partial charge in [0.1, 0.15) is 18.3 Å². The molecule has 0 bridgehead atoms. The van der Waals surface area contributed by atoms with Crippen LogP contribution in [0.15, 0.2) is 54.6 Å². The monoisotopic (exact) mass is 330 g/mol. The molecule has 3 N–H and O–H groups in total. The molecule has 0 saturated carbocycles. The summed E-state index contributed by atoms with van der Waals surface area (Å²) in [5.41, 5.74) is 2.17. The van der Waals surface area contributed by atoms with Gasteiger partial charge in [0.15, 0.2) is 5.11 Å². The summed E-state index contributed by atoms with van der Waals surface area (Å²) in [7, 11) is 5.93. The molecule has 122 valence electrons. The van der Waals surface area contributed by atoms with Crippen molar-refractivity contribution in [3.8, 4) is 5.75 Å². The quantitative estimate of drug-likeness (QED) is 0.707. The van der Waals surface area contributed by atoms with E-state index in [2.05, 4.69) is 49.0 Å². The van der Waals surface area contributed by atoms with Crippen molar-refractivity contribution in [2.45, 2.75) is 6.04 Å². The maximum Gasteiger partial charge on any atom is 0.171 e. The lowest BCUT2D eigenvalue weighted by Crippen LogP contribution is -3.06. The van der Waals surface area contributed by atoms with Crippen LogP contribution in [0.5, 0.6) is 5.75 Å². The Morgan fingerprint density at radius 1 is 1.09 bits per heavy atom. The first-order valence-electron chi connectivity index (χ1n) is 7.64. The van der Waals surface area contributed by atoms with Crippen molar-refractivity contribution < 1.29 is 9.64 Å². The van der Waals surface area contributed by atoms with Gasteiger partial charge < -0.3 is 20.3 Å². The lowest BCUT2D eigenvalue weighted by molar-refractivity contribution is -0.860. The summed E-state index contributed by atoms with van der Waals surface area (Å²) in [4.78, 5) is 1.36. The largest absolute Gasteiger partial charge is 0.497 e. The molecular formula is C18H24N3OS+. The van der Waals surface area contributed by atoms with Crippen LogP contribution in [0.1, 0.15) is 11.6 Å². The van der Waals surface area contributed by atoms with E-state index < -0.39 is 0 Å². The van der Waals surface area contributed by atoms with E-state index in [1.807, 2.05) is 30.3 Å². The van der Waals surface area contributed by atoms with Gasteiger partial charge in [-0.2, -0.15) is 0 Å². The molecule has 23 heavy (non-hydrogen) atoms. The number of anilines is 1. The van der Waals surface area contributed by atoms with Crippen LogP contribution in [0.3, 0.4) is 0 Å². The van der Waals surface area contributed by atoms with Gasteiger partial charge in [0.2, 0.25) is 0 Å². The molecule has 0 aliphatic heterocycles. The Bertz CT molecular complexity index is 614. The highest BCUT2D eigenvalue weighted by molar-refractivity contribution is 7.80. The van der Waals surface area contributed by atoms with Gasteiger partial charge in [-0.3, -0.25) is 0 Å². The number of hydrogen-bond acceptors (Lipinski definition) is 2. The first-order chi connectivity index (χ1) is 11.1. The van der Waals surface area contributed by atoms with E-state index in [1.165, 1.54) is 10.5 Å². The number of nitrogens with one attached hydrogen (secondary N) is 3. The van der Waals surface area contributed by atoms with Crippen LogP contribution in [0.2, 0.25) is 0 Å². The van der Waals surface area contributed by atoms with Crippen molar-refractivity contribution in [2.75, 3.05) is 33.1 Å². The maximum atomic E-state index is 5.46. The third-order valence-corrected chi connectivity index (χ3v) is 3.69. The van der Waals surface area contributed by atoms with E-state index >= 15 is 0 Å². The molecule has 0 aliphatic carbocycles. The van der Waals surface area contributed by atoms with Crippen molar-refractivity contribution in [3.05, 3.63) is 60.2 Å². The van der Waals surface area contributed by atoms with E-state index in [0.717, 1.165) is 18.0 Å². The van der Waals surface area contributed by atoms with Crippen molar-refractivity contribution in [2.24, 2.45) is 0 Å². The third-order valence-electron chi connectivity index (χ3n) is 3.47. The predicted octanol–water partition coefficient (Wildman–Crippen LogP) is 1.87. The second-order valence-corrected chi connectivity index (χ2v) is 6.11. The van der Waals surface area contributed by atoms with E-state index in [9.17, 15) is 0 Å². The standard InChI is InChI=1S/C18H23N3OS/c1-21(2)13-17(14-7-5-4-6-8-14)20-18(23)19-15-9-11-16(22-3)12-10-15/h4-12,17H,13H2,1-3H3,(H2,19,20,23)/p+1/t17-/m0/s1. The van der Waals surface area contributed by atoms with E-state index in [0.29, 0.717) is 5.11 Å². The predicted molar refractivity (Wildman–Crippen MR) is 99.2 cm³/mol. The van der Waals surface area contributed by atoms with Gasteiger partial charge >= 0.3 is 0 Å². The number of likely N-dealkylation sites (N-methyl/N-ethyl adjacent to an activating group) is 1. The molecule has 2 aromatic rings. The molecule has 0 saturated heterocycles. The lowest BCUT2D eigenvalue weighted by atomic mass is 10.1. The average Bonchev–Trinajstić information content (AvgIpc) is 2.55. The molecule has 2 rings (SSSR count). The second kappa shape index (κ2) is 8.50. The molecule has 1 atom stereocenters. The van der Waals surface area contributed by atoms with Gasteiger partial charge in [-0.1, -0.05) is 30.3 Å². The number of ether oxygens (including phenoxy) is 1. The highest BCUT2D eigenvalue weighted by Crippen LogP contribution is 2.16. The molecule has 0 radical (unpaired) electrons. The normalized spacial score (nSPS) is 11.8. The lowest BCUT2D eigenvalue weighted by Gasteiger charge is -2.22. The first-order valence-corrected chi connectivity index (χ1v) is 8.05. The Morgan fingerprint density at radius 2 is 1.74 bits per heavy atom. The Kier molecular flexibility index (Phi) is 6.38. The highest BCUT2D eigenvalue weighted by Gasteiger charge is 2.15. The second-order valence-electron chi connectivity index (χ2n) is 5.70. The number of rotatable bonds is 6. The van der Waals surface area contributed by atoms with Crippen LogP contribution >= 0.6 is 12.2 Å². The summed E-state index contributed by atoms with van der Waals surface area (Å²) in [6.45, 7) is 0.939. The summed E-state index contributed by atoms with van der Waals surface area (Å²) in [5, 5.41) is 7.25. The molecule has 0 unspecified atom stereocenters. The minimum atomic E-state index is 0.166. The summed E-state index contributed by atoms with van der Waals surface area (Å²) >= 11 is 5.46. The van der Waals surface area contributed by atoms with Crippen LogP contribution in [0.25, 0.3) is 0 Å². The molecule has 5 heteroatoms. The smallest absolute Gasteiger partial charge is 0.171 e. The zero-order chi connectivity index (χ0) is 16.7. The Hall–Kier alpha value is -2.11. The number of benzene rings is 2. The van der Waals surface area contributed by atoms with E-state index in [-0.39, 0.29) is 6.04 Å². The molecular weight excluding hydrogens is 306 g/mol. The zero-order valence-electron chi connectivity index (χ0n) is 13.8. The van der Waals surface area contributed by atoms with Crippen LogP contribution in [0.4, 0.5) is 5.69 Å². The minimum absolute atomic E-state index is 0.166. The average molecular weight is 330 g/mol. The number of methoxy groups -OCH3 is 1. The van der Waals surface area contributed by atoms with Crippen molar-refractivity contribution in [3.63, 3.8) is 0 Å². The van der Waals surface area contributed by atoms with Crippen LogP contribution in [-0.4, -0.2) is 32.9 Å². The number of quaternary nitrogens is 1. The van der Waals surface area contributed by atoms with Gasteiger partial charge in [0.25, 0.3) is 0 Å². The molecule has 4 nitrogen and oxygen atoms in total. The molecule has 0 spiro atoms. The molecule has 0 aromatic heterocycles. The highest BCUT2D eigenvalue weighted by atomic mass is 32.1. The minimum Gasteiger partial charge on any atom is -0.497 e. The van der Waals surface area contributed by atoms with E-state index in [4.69, 9.17) is 17.0 Å². The molecule has 2 aromatic carbocycles. The van der Waals surface area contributed by atoms with Gasteiger partial charge in [0, 0.05) is 5.69 Å². The Morgan fingerprint density at radius 3 is 2.30 bits per heavy atom. The molecule has 0 aliphatic rings. The topological polar surface area (TPSA) is 37.7 Å². The number of thiocarbonyl (C=S) groups is 1. The van der Waals surface area contributed by atoms with Crippen LogP contribution in [-0.2, 0) is 0 Å². The fourth-order valence-corrected chi connectivity index (χ4v) is 2.61. The third kappa shape index (κ3) is 5.54. The summed E-state index contributed by atoms with van der Waals surface area (Å²) in [6.07, 6.45) is 0. The van der Waals surface area contributed by atoms with Crippen molar-refractivity contribution in [1.29, 1.82) is 0 Å². The number of hydrogen-bond donors (Lipinski definition) is 3. The molecule has 0 heterocycles. The van der Waals surface area contributed by atoms with Gasteiger partial charge in [-0.15, -0.1) is 0 Å². The van der Waals surface area contributed by atoms with Crippen LogP contribution in [0, 0.1) is 0 Å². The van der Waals surface area contributed by atoms with Crippen molar-refractivity contribution >= 4 is 23.0 Å². The van der Waals surface area contributed by atoms with Crippen molar-refractivity contribution in [1.82, 2.24) is 5.32 Å².